The Morgan fingerprint density at radius 1 is 0.864 bits per heavy atom. The van der Waals surface area contributed by atoms with Crippen LogP contribution in [0.4, 0.5) is 0 Å². The zero-order chi connectivity index (χ0) is 15.5. The first-order valence-electron chi connectivity index (χ1n) is 9.96. The summed E-state index contributed by atoms with van der Waals surface area (Å²) >= 11 is 0. The van der Waals surface area contributed by atoms with Crippen LogP contribution in [-0.2, 0) is 6.54 Å². The number of hydrogen-bond acceptors (Lipinski definition) is 0. The van der Waals surface area contributed by atoms with Crippen molar-refractivity contribution in [3.63, 3.8) is 0 Å². The van der Waals surface area contributed by atoms with Crippen LogP contribution >= 0.6 is 0 Å². The topological polar surface area (TPSA) is 8.81 Å². The fraction of sp³-hybridized carbons (Fsp3) is 0.850. The molecule has 0 aliphatic heterocycles. The number of imidazole rings is 1. The Morgan fingerprint density at radius 2 is 1.45 bits per heavy atom. The van der Waals surface area contributed by atoms with E-state index in [1.54, 1.807) is 0 Å². The van der Waals surface area contributed by atoms with Crippen LogP contribution in [0, 0.1) is 0 Å². The SMILES string of the molecule is CCCCCCCCCCCC[n+]1ccn(C2CCCC2)c1. The number of rotatable bonds is 12. The van der Waals surface area contributed by atoms with E-state index in [0.29, 0.717) is 0 Å². The van der Waals surface area contributed by atoms with Gasteiger partial charge in [0, 0.05) is 0 Å². The fourth-order valence-electron chi connectivity index (χ4n) is 3.74. The fourth-order valence-corrected chi connectivity index (χ4v) is 3.74. The maximum atomic E-state index is 2.45. The summed E-state index contributed by atoms with van der Waals surface area (Å²) in [5.41, 5.74) is 0. The molecule has 1 heterocycles. The lowest BCUT2D eigenvalue weighted by atomic mass is 10.1. The van der Waals surface area contributed by atoms with Gasteiger partial charge in [-0.3, -0.25) is 0 Å². The van der Waals surface area contributed by atoms with Crippen LogP contribution in [0.3, 0.4) is 0 Å². The highest BCUT2D eigenvalue weighted by atomic mass is 15.1. The van der Waals surface area contributed by atoms with Gasteiger partial charge < -0.3 is 0 Å². The summed E-state index contributed by atoms with van der Waals surface area (Å²) in [6, 6.07) is 0.786. The molecule has 126 valence electrons. The van der Waals surface area contributed by atoms with E-state index in [1.807, 2.05) is 0 Å². The number of aromatic nitrogens is 2. The van der Waals surface area contributed by atoms with E-state index in [1.165, 1.54) is 96.4 Å². The Morgan fingerprint density at radius 3 is 2.09 bits per heavy atom. The van der Waals surface area contributed by atoms with Gasteiger partial charge in [-0.25, -0.2) is 9.13 Å². The van der Waals surface area contributed by atoms with E-state index in [-0.39, 0.29) is 0 Å². The lowest BCUT2D eigenvalue weighted by Crippen LogP contribution is -2.31. The predicted molar refractivity (Wildman–Crippen MR) is 94.0 cm³/mol. The van der Waals surface area contributed by atoms with Crippen molar-refractivity contribution in [2.24, 2.45) is 0 Å². The van der Waals surface area contributed by atoms with E-state index in [2.05, 4.69) is 34.8 Å². The Bertz CT molecular complexity index is 377. The van der Waals surface area contributed by atoms with E-state index in [0.717, 1.165) is 6.04 Å². The van der Waals surface area contributed by atoms with Gasteiger partial charge in [0.15, 0.2) is 0 Å². The molecule has 1 aliphatic rings. The summed E-state index contributed by atoms with van der Waals surface area (Å²) in [5.74, 6) is 0. The zero-order valence-electron chi connectivity index (χ0n) is 14.8. The second kappa shape index (κ2) is 10.9. The van der Waals surface area contributed by atoms with Crippen molar-refractivity contribution in [1.82, 2.24) is 4.57 Å². The summed E-state index contributed by atoms with van der Waals surface area (Å²) in [4.78, 5) is 0. The van der Waals surface area contributed by atoms with Gasteiger partial charge in [-0.1, -0.05) is 58.3 Å². The molecule has 22 heavy (non-hydrogen) atoms. The van der Waals surface area contributed by atoms with Crippen molar-refractivity contribution < 1.29 is 4.57 Å². The van der Waals surface area contributed by atoms with Crippen molar-refractivity contribution in [3.8, 4) is 0 Å². The predicted octanol–water partition coefficient (Wildman–Crippen LogP) is 5.81. The molecule has 0 radical (unpaired) electrons. The Labute approximate surface area is 137 Å². The van der Waals surface area contributed by atoms with Crippen LogP contribution in [-0.4, -0.2) is 4.57 Å². The standard InChI is InChI=1S/C20H37N2/c1-2-3-4-5-6-7-8-9-10-13-16-21-17-18-22(19-21)20-14-11-12-15-20/h17-20H,2-16H2,1H3/q+1. The Kier molecular flexibility index (Phi) is 8.67. The van der Waals surface area contributed by atoms with Crippen molar-refractivity contribution in [2.75, 3.05) is 0 Å². The second-order valence-electron chi connectivity index (χ2n) is 7.22. The summed E-state index contributed by atoms with van der Waals surface area (Å²) in [6.07, 6.45) is 26.7. The molecule has 0 N–H and O–H groups in total. The van der Waals surface area contributed by atoms with Gasteiger partial charge in [0.2, 0.25) is 6.33 Å². The molecule has 0 amide bonds. The monoisotopic (exact) mass is 305 g/mol. The van der Waals surface area contributed by atoms with Gasteiger partial charge in [0.05, 0.1) is 6.54 Å². The van der Waals surface area contributed by atoms with Gasteiger partial charge in [-0.2, -0.15) is 0 Å². The van der Waals surface area contributed by atoms with Gasteiger partial charge in [-0.15, -0.1) is 0 Å². The summed E-state index contributed by atoms with van der Waals surface area (Å²) in [7, 11) is 0. The average Bonchev–Trinajstić information content (AvgIpc) is 3.19. The van der Waals surface area contributed by atoms with E-state index < -0.39 is 0 Å². The van der Waals surface area contributed by atoms with Gasteiger partial charge in [-0.05, 0) is 38.5 Å². The molecule has 1 aromatic heterocycles. The molecule has 1 fully saturated rings. The quantitative estimate of drug-likeness (QED) is 0.340. The average molecular weight is 306 g/mol. The van der Waals surface area contributed by atoms with Gasteiger partial charge in [0.1, 0.15) is 18.4 Å². The molecule has 1 saturated carbocycles. The van der Waals surface area contributed by atoms with Crippen molar-refractivity contribution in [1.29, 1.82) is 0 Å². The smallest absolute Gasteiger partial charge is 0.237 e. The third-order valence-corrected chi connectivity index (χ3v) is 5.23. The molecule has 2 nitrogen and oxygen atoms in total. The molecule has 0 unspecified atom stereocenters. The highest BCUT2D eigenvalue weighted by molar-refractivity contribution is 4.79. The van der Waals surface area contributed by atoms with Crippen molar-refractivity contribution >= 4 is 0 Å². The minimum absolute atomic E-state index is 0.786. The number of aryl methyl sites for hydroxylation is 1. The first-order chi connectivity index (χ1) is 10.9. The third kappa shape index (κ3) is 6.54. The molecular weight excluding hydrogens is 268 g/mol. The highest BCUT2D eigenvalue weighted by Crippen LogP contribution is 2.28. The molecule has 0 spiro atoms. The molecule has 0 bridgehead atoms. The number of nitrogens with zero attached hydrogens (tertiary/aromatic N) is 2. The highest BCUT2D eigenvalue weighted by Gasteiger charge is 2.21. The minimum atomic E-state index is 0.786. The Balaban J connectivity index is 1.45. The summed E-state index contributed by atoms with van der Waals surface area (Å²) in [6.45, 7) is 3.50. The lowest BCUT2D eigenvalue weighted by molar-refractivity contribution is -0.697. The van der Waals surface area contributed by atoms with Crippen LogP contribution < -0.4 is 4.57 Å². The maximum absolute atomic E-state index is 2.45. The van der Waals surface area contributed by atoms with E-state index >= 15 is 0 Å². The summed E-state index contributed by atoms with van der Waals surface area (Å²) in [5, 5.41) is 0. The third-order valence-electron chi connectivity index (χ3n) is 5.23. The molecule has 0 aromatic carbocycles. The lowest BCUT2D eigenvalue weighted by Gasteiger charge is -2.03. The van der Waals surface area contributed by atoms with Crippen LogP contribution in [0.2, 0.25) is 0 Å². The maximum Gasteiger partial charge on any atom is 0.243 e. The normalized spacial score (nSPS) is 15.7. The van der Waals surface area contributed by atoms with Gasteiger partial charge in [0.25, 0.3) is 0 Å². The number of unbranched alkanes of at least 4 members (excludes halogenated alkanes) is 9. The molecule has 0 saturated heterocycles. The minimum Gasteiger partial charge on any atom is -0.237 e. The van der Waals surface area contributed by atoms with Crippen LogP contribution in [0.15, 0.2) is 18.7 Å². The zero-order valence-corrected chi connectivity index (χ0v) is 14.8. The molecule has 2 heteroatoms. The molecule has 1 aromatic rings. The van der Waals surface area contributed by atoms with Crippen LogP contribution in [0.25, 0.3) is 0 Å². The number of hydrogen-bond donors (Lipinski definition) is 0. The van der Waals surface area contributed by atoms with Gasteiger partial charge >= 0.3 is 0 Å². The first kappa shape index (κ1) is 17.6. The van der Waals surface area contributed by atoms with E-state index in [9.17, 15) is 0 Å². The summed E-state index contributed by atoms with van der Waals surface area (Å²) < 4.78 is 4.84. The van der Waals surface area contributed by atoms with Crippen molar-refractivity contribution in [3.05, 3.63) is 18.7 Å². The Hall–Kier alpha value is -0.790. The first-order valence-corrected chi connectivity index (χ1v) is 9.96. The van der Waals surface area contributed by atoms with Crippen LogP contribution in [0.1, 0.15) is 103 Å². The second-order valence-corrected chi connectivity index (χ2v) is 7.22. The molecule has 1 aliphatic carbocycles. The molecule has 0 atom stereocenters. The van der Waals surface area contributed by atoms with Crippen LogP contribution in [0.5, 0.6) is 0 Å². The largest absolute Gasteiger partial charge is 0.243 e. The van der Waals surface area contributed by atoms with E-state index in [4.69, 9.17) is 0 Å². The molecular formula is C20H37N2+. The van der Waals surface area contributed by atoms with Crippen molar-refractivity contribution in [2.45, 2.75) is 109 Å². The molecule has 2 rings (SSSR count).